The molecule has 0 saturated heterocycles. The van der Waals surface area contributed by atoms with Gasteiger partial charge in [-0.1, -0.05) is 24.3 Å². The van der Waals surface area contributed by atoms with Gasteiger partial charge in [-0.05, 0) is 43.2 Å². The SMILES string of the molecule is COc1ccc(C(C)N(C)C(=O)CCCn2c(=O)oc3ccccc32)cc1. The molecule has 142 valence electrons. The van der Waals surface area contributed by atoms with E-state index < -0.39 is 0 Å². The van der Waals surface area contributed by atoms with Crippen LogP contribution in [0.3, 0.4) is 0 Å². The number of para-hydroxylation sites is 2. The predicted octanol–water partition coefficient (Wildman–Crippen LogP) is 3.60. The number of carbonyl (C=O) groups excluding carboxylic acids is 1. The summed E-state index contributed by atoms with van der Waals surface area (Å²) in [6.45, 7) is 2.44. The number of rotatable bonds is 7. The molecule has 6 nitrogen and oxygen atoms in total. The van der Waals surface area contributed by atoms with Gasteiger partial charge in [-0.2, -0.15) is 0 Å². The van der Waals surface area contributed by atoms with Crippen LogP contribution >= 0.6 is 0 Å². The zero-order valence-electron chi connectivity index (χ0n) is 15.8. The summed E-state index contributed by atoms with van der Waals surface area (Å²) in [5.74, 6) is 0.445. The lowest BCUT2D eigenvalue weighted by molar-refractivity contribution is -0.131. The van der Waals surface area contributed by atoms with Gasteiger partial charge >= 0.3 is 5.76 Å². The van der Waals surface area contributed by atoms with Crippen LogP contribution in [0.1, 0.15) is 31.4 Å². The van der Waals surface area contributed by atoms with Crippen molar-refractivity contribution in [2.45, 2.75) is 32.4 Å². The lowest BCUT2D eigenvalue weighted by atomic mass is 10.1. The normalized spacial score (nSPS) is 12.1. The van der Waals surface area contributed by atoms with Gasteiger partial charge in [0.1, 0.15) is 5.75 Å². The van der Waals surface area contributed by atoms with E-state index in [1.54, 1.807) is 29.7 Å². The minimum absolute atomic E-state index is 0.0408. The summed E-state index contributed by atoms with van der Waals surface area (Å²) in [6, 6.07) is 15.0. The quantitative estimate of drug-likeness (QED) is 0.639. The van der Waals surface area contributed by atoms with E-state index >= 15 is 0 Å². The number of aryl methyl sites for hydroxylation is 1. The zero-order valence-corrected chi connectivity index (χ0v) is 15.8. The van der Waals surface area contributed by atoms with E-state index in [1.165, 1.54) is 0 Å². The van der Waals surface area contributed by atoms with Crippen LogP contribution in [-0.2, 0) is 11.3 Å². The topological polar surface area (TPSA) is 64.7 Å². The second kappa shape index (κ2) is 8.12. The second-order valence-corrected chi connectivity index (χ2v) is 6.54. The Kier molecular flexibility index (Phi) is 5.64. The minimum atomic E-state index is -0.386. The summed E-state index contributed by atoms with van der Waals surface area (Å²) < 4.78 is 12.0. The van der Waals surface area contributed by atoms with E-state index in [1.807, 2.05) is 49.4 Å². The molecule has 0 saturated carbocycles. The first-order valence-electron chi connectivity index (χ1n) is 8.99. The third-order valence-electron chi connectivity index (χ3n) is 4.92. The molecular formula is C21H24N2O4. The van der Waals surface area contributed by atoms with Gasteiger partial charge in [0.2, 0.25) is 5.91 Å². The van der Waals surface area contributed by atoms with Crippen LogP contribution < -0.4 is 10.5 Å². The number of oxazole rings is 1. The molecule has 0 bridgehead atoms. The van der Waals surface area contributed by atoms with Gasteiger partial charge in [0.15, 0.2) is 5.58 Å². The van der Waals surface area contributed by atoms with Crippen molar-refractivity contribution >= 4 is 17.0 Å². The van der Waals surface area contributed by atoms with Crippen LogP contribution in [0.4, 0.5) is 0 Å². The molecule has 27 heavy (non-hydrogen) atoms. The summed E-state index contributed by atoms with van der Waals surface area (Å²) >= 11 is 0. The summed E-state index contributed by atoms with van der Waals surface area (Å²) in [7, 11) is 3.43. The van der Waals surface area contributed by atoms with Crippen LogP contribution in [0.15, 0.2) is 57.7 Å². The van der Waals surface area contributed by atoms with Crippen molar-refractivity contribution in [2.24, 2.45) is 0 Å². The number of hydrogen-bond donors (Lipinski definition) is 0. The van der Waals surface area contributed by atoms with Gasteiger partial charge in [-0.3, -0.25) is 9.36 Å². The highest BCUT2D eigenvalue weighted by molar-refractivity contribution is 5.76. The molecule has 1 unspecified atom stereocenters. The first-order valence-corrected chi connectivity index (χ1v) is 8.99. The molecule has 0 aliphatic carbocycles. The van der Waals surface area contributed by atoms with E-state index in [9.17, 15) is 9.59 Å². The molecule has 1 heterocycles. The highest BCUT2D eigenvalue weighted by atomic mass is 16.5. The number of carbonyl (C=O) groups is 1. The Morgan fingerprint density at radius 2 is 1.89 bits per heavy atom. The molecule has 0 N–H and O–H groups in total. The van der Waals surface area contributed by atoms with E-state index in [-0.39, 0.29) is 17.7 Å². The molecule has 1 aromatic heterocycles. The predicted molar refractivity (Wildman–Crippen MR) is 104 cm³/mol. The molecule has 0 spiro atoms. The molecule has 0 radical (unpaired) electrons. The number of fused-ring (bicyclic) bond motifs is 1. The number of amides is 1. The van der Waals surface area contributed by atoms with E-state index in [2.05, 4.69) is 0 Å². The van der Waals surface area contributed by atoms with Gasteiger partial charge < -0.3 is 14.1 Å². The van der Waals surface area contributed by atoms with Crippen molar-refractivity contribution in [1.29, 1.82) is 0 Å². The fraction of sp³-hybridized carbons (Fsp3) is 0.333. The summed E-state index contributed by atoms with van der Waals surface area (Å²) in [5, 5.41) is 0. The maximum Gasteiger partial charge on any atom is 0.419 e. The van der Waals surface area contributed by atoms with Crippen molar-refractivity contribution in [2.75, 3.05) is 14.2 Å². The molecule has 6 heteroatoms. The number of nitrogens with zero attached hydrogens (tertiary/aromatic N) is 2. The highest BCUT2D eigenvalue weighted by Crippen LogP contribution is 2.22. The van der Waals surface area contributed by atoms with Crippen LogP contribution in [-0.4, -0.2) is 29.5 Å². The zero-order chi connectivity index (χ0) is 19.4. The average molecular weight is 368 g/mol. The van der Waals surface area contributed by atoms with Crippen molar-refractivity contribution in [3.05, 3.63) is 64.6 Å². The smallest absolute Gasteiger partial charge is 0.419 e. The maximum absolute atomic E-state index is 12.5. The largest absolute Gasteiger partial charge is 0.497 e. The first-order chi connectivity index (χ1) is 13.0. The van der Waals surface area contributed by atoms with E-state index in [0.29, 0.717) is 25.0 Å². The number of benzene rings is 2. The summed E-state index contributed by atoms with van der Waals surface area (Å²) in [5.41, 5.74) is 2.37. The Morgan fingerprint density at radius 3 is 2.59 bits per heavy atom. The van der Waals surface area contributed by atoms with Crippen LogP contribution in [0.5, 0.6) is 5.75 Å². The fourth-order valence-electron chi connectivity index (χ4n) is 3.11. The monoisotopic (exact) mass is 368 g/mol. The number of ether oxygens (including phenoxy) is 1. The summed E-state index contributed by atoms with van der Waals surface area (Å²) in [4.78, 5) is 26.3. The van der Waals surface area contributed by atoms with Crippen molar-refractivity contribution in [1.82, 2.24) is 9.47 Å². The van der Waals surface area contributed by atoms with Crippen LogP contribution in [0.25, 0.3) is 11.1 Å². The lowest BCUT2D eigenvalue weighted by Crippen LogP contribution is -2.29. The molecule has 0 aliphatic heterocycles. The minimum Gasteiger partial charge on any atom is -0.497 e. The maximum atomic E-state index is 12.5. The first kappa shape index (κ1) is 18.8. The van der Waals surface area contributed by atoms with Gasteiger partial charge in [0, 0.05) is 20.0 Å². The molecule has 3 aromatic rings. The Hall–Kier alpha value is -3.02. The summed E-state index contributed by atoms with van der Waals surface area (Å²) in [6.07, 6.45) is 0.935. The van der Waals surface area contributed by atoms with Crippen molar-refractivity contribution < 1.29 is 13.9 Å². The average Bonchev–Trinajstić information content (AvgIpc) is 3.02. The Labute approximate surface area is 158 Å². The molecule has 0 aliphatic rings. The van der Waals surface area contributed by atoms with Crippen LogP contribution in [0, 0.1) is 0 Å². The number of aromatic nitrogens is 1. The third-order valence-corrected chi connectivity index (χ3v) is 4.92. The van der Waals surface area contributed by atoms with E-state index in [4.69, 9.17) is 9.15 Å². The van der Waals surface area contributed by atoms with Gasteiger partial charge in [-0.25, -0.2) is 4.79 Å². The molecule has 1 amide bonds. The molecule has 0 fully saturated rings. The molecule has 2 aromatic carbocycles. The molecule has 3 rings (SSSR count). The molecule has 1 atom stereocenters. The fourth-order valence-corrected chi connectivity index (χ4v) is 3.11. The van der Waals surface area contributed by atoms with Crippen LogP contribution in [0.2, 0.25) is 0 Å². The van der Waals surface area contributed by atoms with Crippen molar-refractivity contribution in [3.8, 4) is 5.75 Å². The Balaban J connectivity index is 1.59. The second-order valence-electron chi connectivity index (χ2n) is 6.54. The Bertz CT molecular complexity index is 972. The van der Waals surface area contributed by atoms with Gasteiger partial charge in [-0.15, -0.1) is 0 Å². The number of hydrogen-bond acceptors (Lipinski definition) is 4. The lowest BCUT2D eigenvalue weighted by Gasteiger charge is -2.25. The number of methoxy groups -OCH3 is 1. The van der Waals surface area contributed by atoms with Crippen molar-refractivity contribution in [3.63, 3.8) is 0 Å². The highest BCUT2D eigenvalue weighted by Gasteiger charge is 2.17. The Morgan fingerprint density at radius 1 is 1.19 bits per heavy atom. The standard InChI is InChI=1S/C21H24N2O4/c1-15(16-10-12-17(26-3)13-11-16)22(2)20(24)9-6-14-23-18-7-4-5-8-19(18)27-21(23)25/h4-5,7-8,10-13,15H,6,9,14H2,1-3H3. The van der Waals surface area contributed by atoms with Gasteiger partial charge in [0.05, 0.1) is 18.7 Å². The van der Waals surface area contributed by atoms with E-state index in [0.717, 1.165) is 16.8 Å². The third kappa shape index (κ3) is 4.05. The molecular weight excluding hydrogens is 344 g/mol. The van der Waals surface area contributed by atoms with Gasteiger partial charge in [0.25, 0.3) is 0 Å².